The number of ether oxygens (including phenoxy) is 1. The molecule has 1 atom stereocenters. The van der Waals surface area contributed by atoms with Crippen molar-refractivity contribution in [1.29, 1.82) is 0 Å². The molecule has 0 amide bonds. The van der Waals surface area contributed by atoms with Gasteiger partial charge in [0.25, 0.3) is 0 Å². The van der Waals surface area contributed by atoms with Gasteiger partial charge in [-0.1, -0.05) is 6.92 Å². The van der Waals surface area contributed by atoms with Gasteiger partial charge in [0.05, 0.1) is 6.61 Å². The first-order valence-electron chi connectivity index (χ1n) is 6.97. The van der Waals surface area contributed by atoms with Crippen molar-refractivity contribution in [1.82, 2.24) is 10.2 Å². The first-order chi connectivity index (χ1) is 7.98. The van der Waals surface area contributed by atoms with Gasteiger partial charge in [0.15, 0.2) is 0 Å². The Hall–Kier alpha value is -0.120. The van der Waals surface area contributed by atoms with Crippen LogP contribution in [0.15, 0.2) is 0 Å². The van der Waals surface area contributed by atoms with Crippen molar-refractivity contribution >= 4 is 0 Å². The fourth-order valence-electron chi connectivity index (χ4n) is 2.22. The van der Waals surface area contributed by atoms with E-state index in [-0.39, 0.29) is 5.54 Å². The summed E-state index contributed by atoms with van der Waals surface area (Å²) in [6.07, 6.45) is 3.97. The summed E-state index contributed by atoms with van der Waals surface area (Å²) in [6, 6.07) is 1.34. The Balaban J connectivity index is 2.49. The fourth-order valence-corrected chi connectivity index (χ4v) is 2.22. The lowest BCUT2D eigenvalue weighted by molar-refractivity contribution is 0.0800. The van der Waals surface area contributed by atoms with Gasteiger partial charge in [0.2, 0.25) is 0 Å². The number of rotatable bonds is 8. The zero-order valence-corrected chi connectivity index (χ0v) is 12.3. The zero-order chi connectivity index (χ0) is 12.9. The van der Waals surface area contributed by atoms with Crippen LogP contribution < -0.4 is 5.32 Å². The van der Waals surface area contributed by atoms with Crippen LogP contribution in [-0.4, -0.2) is 49.3 Å². The van der Waals surface area contributed by atoms with E-state index >= 15 is 0 Å². The molecule has 0 saturated heterocycles. The summed E-state index contributed by atoms with van der Waals surface area (Å²) in [4.78, 5) is 2.64. The van der Waals surface area contributed by atoms with E-state index in [1.165, 1.54) is 25.8 Å². The van der Waals surface area contributed by atoms with Gasteiger partial charge in [0.1, 0.15) is 0 Å². The Morgan fingerprint density at radius 1 is 1.35 bits per heavy atom. The largest absolute Gasteiger partial charge is 0.383 e. The molecule has 1 aliphatic rings. The topological polar surface area (TPSA) is 24.5 Å². The van der Waals surface area contributed by atoms with E-state index in [0.29, 0.717) is 6.04 Å². The summed E-state index contributed by atoms with van der Waals surface area (Å²) in [6.45, 7) is 12.0. The lowest BCUT2D eigenvalue weighted by Crippen LogP contribution is -2.50. The van der Waals surface area contributed by atoms with Gasteiger partial charge in [-0.2, -0.15) is 0 Å². The van der Waals surface area contributed by atoms with E-state index in [4.69, 9.17) is 4.74 Å². The van der Waals surface area contributed by atoms with Crippen molar-refractivity contribution < 1.29 is 4.74 Å². The smallest absolute Gasteiger partial charge is 0.0630 e. The highest BCUT2D eigenvalue weighted by Gasteiger charge is 2.33. The fraction of sp³-hybridized carbons (Fsp3) is 1.00. The molecule has 3 nitrogen and oxygen atoms in total. The molecule has 1 aliphatic carbocycles. The Kier molecular flexibility index (Phi) is 5.90. The van der Waals surface area contributed by atoms with Crippen LogP contribution >= 0.6 is 0 Å². The maximum Gasteiger partial charge on any atom is 0.0630 e. The van der Waals surface area contributed by atoms with Crippen LogP contribution in [0.5, 0.6) is 0 Å². The maximum atomic E-state index is 5.39. The molecule has 0 aromatic heterocycles. The van der Waals surface area contributed by atoms with E-state index < -0.39 is 0 Å². The first-order valence-corrected chi connectivity index (χ1v) is 6.97. The van der Waals surface area contributed by atoms with Crippen molar-refractivity contribution in [3.05, 3.63) is 0 Å². The Morgan fingerprint density at radius 2 is 2.00 bits per heavy atom. The average Bonchev–Trinajstić information content (AvgIpc) is 3.03. The van der Waals surface area contributed by atoms with E-state index in [1.54, 1.807) is 7.11 Å². The second-order valence-electron chi connectivity index (χ2n) is 6.21. The van der Waals surface area contributed by atoms with E-state index in [0.717, 1.165) is 19.2 Å². The third-order valence-electron chi connectivity index (χ3n) is 3.19. The highest BCUT2D eigenvalue weighted by molar-refractivity contribution is 4.90. The molecule has 0 bridgehead atoms. The van der Waals surface area contributed by atoms with Gasteiger partial charge in [0, 0.05) is 31.3 Å². The normalized spacial score (nSPS) is 18.7. The Morgan fingerprint density at radius 3 is 2.41 bits per heavy atom. The van der Waals surface area contributed by atoms with Crippen LogP contribution in [0.25, 0.3) is 0 Å². The predicted octanol–water partition coefficient (Wildman–Crippen LogP) is 2.26. The molecule has 102 valence electrons. The minimum atomic E-state index is 0.188. The summed E-state index contributed by atoms with van der Waals surface area (Å²) in [7, 11) is 1.81. The molecule has 0 radical (unpaired) electrons. The standard InChI is InChI=1S/C14H30N2O/c1-6-9-16(12-7-8-12)13(11-17-5)10-15-14(2,3)4/h12-13,15H,6-11H2,1-5H3. The Bertz CT molecular complexity index is 209. The summed E-state index contributed by atoms with van der Waals surface area (Å²) in [5.41, 5.74) is 0.188. The van der Waals surface area contributed by atoms with Gasteiger partial charge in [-0.25, -0.2) is 0 Å². The van der Waals surface area contributed by atoms with Crippen LogP contribution in [-0.2, 0) is 4.74 Å². The van der Waals surface area contributed by atoms with Crippen molar-refractivity contribution in [2.75, 3.05) is 26.8 Å². The molecule has 1 unspecified atom stereocenters. The summed E-state index contributed by atoms with van der Waals surface area (Å²) < 4.78 is 5.39. The van der Waals surface area contributed by atoms with Crippen LogP contribution in [0.4, 0.5) is 0 Å². The van der Waals surface area contributed by atoms with Crippen LogP contribution in [0.2, 0.25) is 0 Å². The molecule has 1 N–H and O–H groups in total. The first kappa shape index (κ1) is 14.9. The number of nitrogens with one attached hydrogen (secondary N) is 1. The molecule has 0 aromatic rings. The van der Waals surface area contributed by atoms with Crippen molar-refractivity contribution in [3.63, 3.8) is 0 Å². The molecule has 0 aliphatic heterocycles. The quantitative estimate of drug-likeness (QED) is 0.706. The minimum Gasteiger partial charge on any atom is -0.383 e. The lowest BCUT2D eigenvalue weighted by atomic mass is 10.1. The molecule has 1 rings (SSSR count). The summed E-state index contributed by atoms with van der Waals surface area (Å²) in [5, 5.41) is 3.61. The molecule has 1 saturated carbocycles. The maximum absolute atomic E-state index is 5.39. The zero-order valence-electron chi connectivity index (χ0n) is 12.3. The van der Waals surface area contributed by atoms with E-state index in [1.807, 2.05) is 0 Å². The van der Waals surface area contributed by atoms with Gasteiger partial charge in [-0.05, 0) is 46.6 Å². The van der Waals surface area contributed by atoms with Gasteiger partial charge >= 0.3 is 0 Å². The van der Waals surface area contributed by atoms with Gasteiger partial charge < -0.3 is 10.1 Å². The summed E-state index contributed by atoms with van der Waals surface area (Å²) in [5.74, 6) is 0. The second-order valence-corrected chi connectivity index (χ2v) is 6.21. The van der Waals surface area contributed by atoms with Crippen molar-refractivity contribution in [3.8, 4) is 0 Å². The molecular weight excluding hydrogens is 212 g/mol. The monoisotopic (exact) mass is 242 g/mol. The molecule has 0 heterocycles. The number of methoxy groups -OCH3 is 1. The predicted molar refractivity (Wildman–Crippen MR) is 73.4 cm³/mol. The van der Waals surface area contributed by atoms with Gasteiger partial charge in [-0.15, -0.1) is 0 Å². The number of nitrogens with zero attached hydrogens (tertiary/aromatic N) is 1. The van der Waals surface area contributed by atoms with Crippen molar-refractivity contribution in [2.45, 2.75) is 64.6 Å². The molecule has 3 heteroatoms. The van der Waals surface area contributed by atoms with E-state index in [2.05, 4.69) is 37.9 Å². The van der Waals surface area contributed by atoms with E-state index in [9.17, 15) is 0 Å². The van der Waals surface area contributed by atoms with Crippen LogP contribution in [0.3, 0.4) is 0 Å². The third-order valence-corrected chi connectivity index (χ3v) is 3.19. The SMILES string of the molecule is CCCN(C1CC1)C(CNC(C)(C)C)COC. The molecular formula is C14H30N2O. The second kappa shape index (κ2) is 6.72. The average molecular weight is 242 g/mol. The highest BCUT2D eigenvalue weighted by Crippen LogP contribution is 2.28. The highest BCUT2D eigenvalue weighted by atomic mass is 16.5. The van der Waals surface area contributed by atoms with Crippen LogP contribution in [0, 0.1) is 0 Å². The third kappa shape index (κ3) is 5.84. The Labute approximate surface area is 107 Å². The number of hydrogen-bond acceptors (Lipinski definition) is 3. The van der Waals surface area contributed by atoms with Crippen LogP contribution in [0.1, 0.15) is 47.0 Å². The van der Waals surface area contributed by atoms with Crippen molar-refractivity contribution in [2.24, 2.45) is 0 Å². The molecule has 0 aromatic carbocycles. The number of hydrogen-bond donors (Lipinski definition) is 1. The van der Waals surface area contributed by atoms with Gasteiger partial charge in [-0.3, -0.25) is 4.90 Å². The minimum absolute atomic E-state index is 0.188. The molecule has 0 spiro atoms. The molecule has 17 heavy (non-hydrogen) atoms. The lowest BCUT2D eigenvalue weighted by Gasteiger charge is -2.33. The molecule has 1 fully saturated rings. The summed E-state index contributed by atoms with van der Waals surface area (Å²) >= 11 is 0.